The fourth-order valence-electron chi connectivity index (χ4n) is 3.41. The number of nitrogens with zero attached hydrogens (tertiary/aromatic N) is 4. The third-order valence-corrected chi connectivity index (χ3v) is 4.72. The largest absolute Gasteiger partial charge is 0.348 e. The maximum Gasteiger partial charge on any atom is 0.240 e. The minimum absolute atomic E-state index is 0.0891. The van der Waals surface area contributed by atoms with Crippen molar-refractivity contribution in [1.29, 1.82) is 0 Å². The third-order valence-electron chi connectivity index (χ3n) is 4.72. The smallest absolute Gasteiger partial charge is 0.240 e. The average Bonchev–Trinajstić information content (AvgIpc) is 2.93. The normalized spacial score (nSPS) is 27.2. The van der Waals surface area contributed by atoms with Gasteiger partial charge in [-0.2, -0.15) is 0 Å². The summed E-state index contributed by atoms with van der Waals surface area (Å²) in [5, 5.41) is 11.1. The SMILES string of the molecule is CN(C)C(=O)C1CNCCN(N2CCNCCC2C(=O)N(C)C)C1. The molecule has 2 atom stereocenters. The van der Waals surface area contributed by atoms with Crippen molar-refractivity contribution in [2.24, 2.45) is 5.92 Å². The summed E-state index contributed by atoms with van der Waals surface area (Å²) in [5.41, 5.74) is 0. The molecule has 8 heteroatoms. The molecule has 2 fully saturated rings. The summed E-state index contributed by atoms with van der Waals surface area (Å²) in [7, 11) is 7.21. The molecule has 0 saturated carbocycles. The van der Waals surface area contributed by atoms with Crippen LogP contribution in [0.4, 0.5) is 0 Å². The van der Waals surface area contributed by atoms with E-state index in [4.69, 9.17) is 0 Å². The molecule has 2 unspecified atom stereocenters. The molecule has 0 aromatic carbocycles. The summed E-state index contributed by atoms with van der Waals surface area (Å²) >= 11 is 0. The summed E-state index contributed by atoms with van der Waals surface area (Å²) in [6, 6.07) is -0.164. The van der Waals surface area contributed by atoms with E-state index in [1.807, 2.05) is 0 Å². The van der Waals surface area contributed by atoms with Crippen LogP contribution in [0.25, 0.3) is 0 Å². The van der Waals surface area contributed by atoms with Gasteiger partial charge in [-0.3, -0.25) is 9.59 Å². The Kier molecular flexibility index (Phi) is 6.97. The summed E-state index contributed by atoms with van der Waals surface area (Å²) < 4.78 is 0. The molecule has 138 valence electrons. The molecule has 0 radical (unpaired) electrons. The van der Waals surface area contributed by atoms with Crippen LogP contribution in [0.15, 0.2) is 0 Å². The zero-order chi connectivity index (χ0) is 17.7. The van der Waals surface area contributed by atoms with Gasteiger partial charge in [0.25, 0.3) is 0 Å². The highest BCUT2D eigenvalue weighted by atomic mass is 16.2. The first-order valence-electron chi connectivity index (χ1n) is 8.77. The molecular formula is C16H32N6O2. The van der Waals surface area contributed by atoms with Crippen molar-refractivity contribution in [1.82, 2.24) is 30.5 Å². The molecule has 2 N–H and O–H groups in total. The molecule has 0 aliphatic carbocycles. The Morgan fingerprint density at radius 3 is 2.25 bits per heavy atom. The average molecular weight is 340 g/mol. The standard InChI is InChI=1S/C16H32N6O2/c1-19(2)15(23)13-11-18-7-9-21(12-13)22-10-8-17-6-5-14(22)16(24)20(3)4/h13-14,17-18H,5-12H2,1-4H3. The van der Waals surface area contributed by atoms with Crippen LogP contribution in [-0.2, 0) is 9.59 Å². The molecule has 0 spiro atoms. The van der Waals surface area contributed by atoms with Crippen molar-refractivity contribution >= 4 is 11.8 Å². The number of carbonyl (C=O) groups excluding carboxylic acids is 2. The van der Waals surface area contributed by atoms with Gasteiger partial charge in [0.05, 0.1) is 5.92 Å². The monoisotopic (exact) mass is 340 g/mol. The van der Waals surface area contributed by atoms with Gasteiger partial charge in [-0.25, -0.2) is 10.0 Å². The summed E-state index contributed by atoms with van der Waals surface area (Å²) in [6.07, 6.45) is 0.785. The van der Waals surface area contributed by atoms with Crippen LogP contribution in [-0.4, -0.2) is 112 Å². The number of amides is 2. The maximum atomic E-state index is 12.7. The summed E-state index contributed by atoms with van der Waals surface area (Å²) in [5.74, 6) is 0.179. The maximum absolute atomic E-state index is 12.7. The fourth-order valence-corrected chi connectivity index (χ4v) is 3.41. The van der Waals surface area contributed by atoms with E-state index in [1.54, 1.807) is 38.0 Å². The van der Waals surface area contributed by atoms with Gasteiger partial charge in [-0.1, -0.05) is 0 Å². The molecule has 0 bridgehead atoms. The van der Waals surface area contributed by atoms with Crippen LogP contribution < -0.4 is 10.6 Å². The molecule has 2 amide bonds. The fraction of sp³-hybridized carbons (Fsp3) is 0.875. The van der Waals surface area contributed by atoms with Crippen LogP contribution in [0.2, 0.25) is 0 Å². The Bertz CT molecular complexity index is 442. The van der Waals surface area contributed by atoms with Crippen molar-refractivity contribution in [2.75, 3.05) is 74.0 Å². The van der Waals surface area contributed by atoms with Crippen molar-refractivity contribution < 1.29 is 9.59 Å². The minimum Gasteiger partial charge on any atom is -0.348 e. The first kappa shape index (κ1) is 19.1. The number of nitrogens with one attached hydrogen (secondary N) is 2. The first-order chi connectivity index (χ1) is 11.4. The minimum atomic E-state index is -0.164. The first-order valence-corrected chi connectivity index (χ1v) is 8.77. The number of hydrogen-bond donors (Lipinski definition) is 2. The highest BCUT2D eigenvalue weighted by Crippen LogP contribution is 2.16. The van der Waals surface area contributed by atoms with Crippen molar-refractivity contribution in [3.05, 3.63) is 0 Å². The van der Waals surface area contributed by atoms with Gasteiger partial charge in [-0.15, -0.1) is 0 Å². The number of carbonyl (C=O) groups is 2. The predicted molar refractivity (Wildman–Crippen MR) is 93.3 cm³/mol. The van der Waals surface area contributed by atoms with Gasteiger partial charge >= 0.3 is 0 Å². The van der Waals surface area contributed by atoms with Crippen LogP contribution in [0.5, 0.6) is 0 Å². The lowest BCUT2D eigenvalue weighted by Crippen LogP contribution is -2.56. The molecule has 2 aliphatic heterocycles. The second-order valence-electron chi connectivity index (χ2n) is 7.00. The zero-order valence-corrected chi connectivity index (χ0v) is 15.4. The molecule has 2 rings (SSSR count). The molecular weight excluding hydrogens is 308 g/mol. The summed E-state index contributed by atoms with van der Waals surface area (Å²) in [4.78, 5) is 28.4. The van der Waals surface area contributed by atoms with Gasteiger partial charge in [-0.05, 0) is 13.0 Å². The molecule has 2 heterocycles. The topological polar surface area (TPSA) is 71.2 Å². The Labute approximate surface area is 145 Å². The predicted octanol–water partition coefficient (Wildman–Crippen LogP) is -1.74. The highest BCUT2D eigenvalue weighted by Gasteiger charge is 2.35. The van der Waals surface area contributed by atoms with Gasteiger partial charge in [0.15, 0.2) is 0 Å². The Balaban J connectivity index is 2.17. The molecule has 8 nitrogen and oxygen atoms in total. The van der Waals surface area contributed by atoms with E-state index in [0.29, 0.717) is 13.1 Å². The Morgan fingerprint density at radius 2 is 1.58 bits per heavy atom. The number of hydrogen-bond acceptors (Lipinski definition) is 6. The van der Waals surface area contributed by atoms with Crippen LogP contribution in [0.3, 0.4) is 0 Å². The van der Waals surface area contributed by atoms with Crippen LogP contribution in [0, 0.1) is 5.92 Å². The van der Waals surface area contributed by atoms with Gasteiger partial charge < -0.3 is 20.4 Å². The lowest BCUT2D eigenvalue weighted by atomic mass is 10.1. The zero-order valence-electron chi connectivity index (χ0n) is 15.4. The number of hydrazine groups is 1. The molecule has 0 aromatic rings. The number of rotatable bonds is 3. The van der Waals surface area contributed by atoms with E-state index in [-0.39, 0.29) is 23.8 Å². The van der Waals surface area contributed by atoms with E-state index in [2.05, 4.69) is 20.7 Å². The van der Waals surface area contributed by atoms with Gasteiger partial charge in [0.1, 0.15) is 6.04 Å². The Morgan fingerprint density at radius 1 is 0.917 bits per heavy atom. The molecule has 2 aliphatic rings. The van der Waals surface area contributed by atoms with E-state index >= 15 is 0 Å². The molecule has 2 saturated heterocycles. The van der Waals surface area contributed by atoms with Crippen molar-refractivity contribution in [2.45, 2.75) is 12.5 Å². The lowest BCUT2D eigenvalue weighted by Gasteiger charge is -2.39. The van der Waals surface area contributed by atoms with E-state index in [9.17, 15) is 9.59 Å². The van der Waals surface area contributed by atoms with Crippen molar-refractivity contribution in [3.63, 3.8) is 0 Å². The highest BCUT2D eigenvalue weighted by molar-refractivity contribution is 5.81. The van der Waals surface area contributed by atoms with E-state index < -0.39 is 0 Å². The Hall–Kier alpha value is -1.22. The summed E-state index contributed by atoms with van der Waals surface area (Å²) in [6.45, 7) is 5.46. The van der Waals surface area contributed by atoms with Gasteiger partial charge in [0, 0.05) is 67.5 Å². The van der Waals surface area contributed by atoms with E-state index in [1.165, 1.54) is 0 Å². The second-order valence-corrected chi connectivity index (χ2v) is 7.00. The van der Waals surface area contributed by atoms with Crippen molar-refractivity contribution in [3.8, 4) is 0 Å². The van der Waals surface area contributed by atoms with Crippen LogP contribution >= 0.6 is 0 Å². The van der Waals surface area contributed by atoms with Gasteiger partial charge in [0.2, 0.25) is 11.8 Å². The second kappa shape index (κ2) is 8.75. The number of likely N-dealkylation sites (N-methyl/N-ethyl adjacent to an activating group) is 1. The lowest BCUT2D eigenvalue weighted by molar-refractivity contribution is -0.146. The van der Waals surface area contributed by atoms with Crippen LogP contribution in [0.1, 0.15) is 6.42 Å². The molecule has 24 heavy (non-hydrogen) atoms. The van der Waals surface area contributed by atoms with E-state index in [0.717, 1.165) is 39.1 Å². The molecule has 0 aromatic heterocycles. The third kappa shape index (κ3) is 4.66. The quantitative estimate of drug-likeness (QED) is 0.636.